The highest BCUT2D eigenvalue weighted by molar-refractivity contribution is 5.38. The van der Waals surface area contributed by atoms with Crippen LogP contribution in [0.15, 0.2) is 47.6 Å². The van der Waals surface area contributed by atoms with Gasteiger partial charge in [0.1, 0.15) is 0 Å². The molecule has 0 aromatic carbocycles. The monoisotopic (exact) mass is 454 g/mol. The molecular weight excluding hydrogens is 408 g/mol. The Kier molecular flexibility index (Phi) is 7.44. The van der Waals surface area contributed by atoms with E-state index in [1.807, 2.05) is 0 Å². The second-order valence-corrected chi connectivity index (χ2v) is 12.0. The lowest BCUT2D eigenvalue weighted by atomic mass is 9.61. The number of aliphatic hydroxyl groups excluding tert-OH is 2. The largest absolute Gasteiger partial charge is 0.393 e. The van der Waals surface area contributed by atoms with Crippen LogP contribution in [-0.2, 0) is 0 Å². The third-order valence-electron chi connectivity index (χ3n) is 9.96. The first-order valence-corrected chi connectivity index (χ1v) is 13.5. The van der Waals surface area contributed by atoms with Crippen molar-refractivity contribution in [2.45, 2.75) is 109 Å². The minimum atomic E-state index is -0.622. The quantitative estimate of drug-likeness (QED) is 0.430. The molecule has 3 N–H and O–H groups in total. The average molecular weight is 455 g/mol. The Hall–Kier alpha value is -1.16. The van der Waals surface area contributed by atoms with Gasteiger partial charge in [-0.3, -0.25) is 0 Å². The first kappa shape index (κ1) is 24.9. The van der Waals surface area contributed by atoms with Crippen LogP contribution in [0, 0.1) is 29.1 Å². The summed E-state index contributed by atoms with van der Waals surface area (Å²) in [6.07, 6.45) is 19.4. The molecule has 3 heteroatoms. The van der Waals surface area contributed by atoms with Crippen molar-refractivity contribution in [3.63, 3.8) is 0 Å². The number of aliphatic hydroxyl groups is 3. The van der Waals surface area contributed by atoms with E-state index in [0.717, 1.165) is 43.3 Å². The first-order valence-electron chi connectivity index (χ1n) is 13.5. The Morgan fingerprint density at radius 3 is 2.45 bits per heavy atom. The van der Waals surface area contributed by atoms with E-state index in [0.29, 0.717) is 36.0 Å². The van der Waals surface area contributed by atoms with E-state index < -0.39 is 17.8 Å². The van der Waals surface area contributed by atoms with Crippen molar-refractivity contribution in [1.82, 2.24) is 0 Å². The van der Waals surface area contributed by atoms with E-state index >= 15 is 0 Å². The van der Waals surface area contributed by atoms with Gasteiger partial charge in [-0.1, -0.05) is 70.1 Å². The Labute approximate surface area is 201 Å². The fourth-order valence-electron chi connectivity index (χ4n) is 7.71. The molecule has 4 aliphatic carbocycles. The van der Waals surface area contributed by atoms with Gasteiger partial charge in [0.05, 0.1) is 17.8 Å². The summed E-state index contributed by atoms with van der Waals surface area (Å²) in [4.78, 5) is 0. The van der Waals surface area contributed by atoms with Crippen molar-refractivity contribution in [2.75, 3.05) is 0 Å². The normalized spacial score (nSPS) is 41.1. The minimum Gasteiger partial charge on any atom is -0.393 e. The molecule has 0 saturated heterocycles. The van der Waals surface area contributed by atoms with Crippen LogP contribution in [0.25, 0.3) is 0 Å². The minimum absolute atomic E-state index is 0.232. The van der Waals surface area contributed by atoms with Gasteiger partial charge in [-0.05, 0) is 85.7 Å². The standard InChI is InChI=1S/C30H46O3/c1-20(9-10-21(2)30(33)16-5-6-17-30)26-13-14-27-23(8-7-15-29(26,27)4)11-12-24-18-25(31)19-28(32)22(24)3/h9-12,20-21,25-28,31-33H,3,5-8,13-19H2,1-2,4H3/b10-9+,23-11+,24-12-/t20-,21-,25-,26-,27?,28+,29?/m1/s1. The highest BCUT2D eigenvalue weighted by Crippen LogP contribution is 2.59. The molecule has 4 aliphatic rings. The lowest BCUT2D eigenvalue weighted by Crippen LogP contribution is -2.36. The molecule has 184 valence electrons. The van der Waals surface area contributed by atoms with E-state index in [1.54, 1.807) is 5.57 Å². The highest BCUT2D eigenvalue weighted by atomic mass is 16.3. The van der Waals surface area contributed by atoms with Gasteiger partial charge >= 0.3 is 0 Å². The van der Waals surface area contributed by atoms with E-state index in [9.17, 15) is 15.3 Å². The fraction of sp³-hybridized carbons (Fsp3) is 0.733. The van der Waals surface area contributed by atoms with Gasteiger partial charge in [0.2, 0.25) is 0 Å². The van der Waals surface area contributed by atoms with Gasteiger partial charge in [-0.15, -0.1) is 0 Å². The molecule has 0 aromatic heterocycles. The zero-order valence-corrected chi connectivity index (χ0v) is 21.1. The summed E-state index contributed by atoms with van der Waals surface area (Å²) in [7, 11) is 0. The summed E-state index contributed by atoms with van der Waals surface area (Å²) in [5.41, 5.74) is 3.16. The lowest BCUT2D eigenvalue weighted by Gasteiger charge is -2.44. The summed E-state index contributed by atoms with van der Waals surface area (Å²) < 4.78 is 0. The molecule has 2 unspecified atom stereocenters. The Morgan fingerprint density at radius 2 is 1.73 bits per heavy atom. The summed E-state index contributed by atoms with van der Waals surface area (Å²) in [5.74, 6) is 2.05. The van der Waals surface area contributed by atoms with Crippen LogP contribution >= 0.6 is 0 Å². The smallest absolute Gasteiger partial charge is 0.0811 e. The van der Waals surface area contributed by atoms with Gasteiger partial charge in [-0.25, -0.2) is 0 Å². The molecule has 0 aromatic rings. The molecule has 0 bridgehead atoms. The summed E-state index contributed by atoms with van der Waals surface area (Å²) >= 11 is 0. The molecule has 0 radical (unpaired) electrons. The fourth-order valence-corrected chi connectivity index (χ4v) is 7.71. The molecule has 33 heavy (non-hydrogen) atoms. The molecule has 4 rings (SSSR count). The van der Waals surface area contributed by atoms with Gasteiger partial charge < -0.3 is 15.3 Å². The molecule has 3 nitrogen and oxygen atoms in total. The number of fused-ring (bicyclic) bond motifs is 1. The van der Waals surface area contributed by atoms with Crippen molar-refractivity contribution in [1.29, 1.82) is 0 Å². The van der Waals surface area contributed by atoms with Gasteiger partial charge in [0, 0.05) is 12.3 Å². The number of rotatable bonds is 5. The van der Waals surface area contributed by atoms with E-state index in [1.165, 1.54) is 25.7 Å². The van der Waals surface area contributed by atoms with Crippen LogP contribution in [0.3, 0.4) is 0 Å². The average Bonchev–Trinajstić information content (AvgIpc) is 3.37. The summed E-state index contributed by atoms with van der Waals surface area (Å²) in [5, 5.41) is 31.2. The SMILES string of the molecule is C=C1/C(=C\C=C2/CCCC3(C)C2CC[C@@H]3[C@H](C)/C=C/[C@@H](C)C2(O)CCCC2)C[C@@H](O)C[C@@H]1O. The Morgan fingerprint density at radius 1 is 1.00 bits per heavy atom. The van der Waals surface area contributed by atoms with Crippen LogP contribution in [-0.4, -0.2) is 33.1 Å². The van der Waals surface area contributed by atoms with Crippen LogP contribution in [0.2, 0.25) is 0 Å². The van der Waals surface area contributed by atoms with Crippen LogP contribution < -0.4 is 0 Å². The second kappa shape index (κ2) is 9.84. The molecule has 0 aliphatic heterocycles. The van der Waals surface area contributed by atoms with E-state index in [4.69, 9.17) is 0 Å². The lowest BCUT2D eigenvalue weighted by molar-refractivity contribution is 0.0124. The summed E-state index contributed by atoms with van der Waals surface area (Å²) in [6, 6.07) is 0. The molecule has 0 spiro atoms. The van der Waals surface area contributed by atoms with Crippen molar-refractivity contribution >= 4 is 0 Å². The first-order chi connectivity index (χ1) is 15.6. The van der Waals surface area contributed by atoms with Crippen molar-refractivity contribution in [2.24, 2.45) is 29.1 Å². The van der Waals surface area contributed by atoms with Crippen molar-refractivity contribution in [3.05, 3.63) is 47.6 Å². The number of hydrogen-bond acceptors (Lipinski definition) is 3. The topological polar surface area (TPSA) is 60.7 Å². The summed E-state index contributed by atoms with van der Waals surface area (Å²) in [6.45, 7) is 11.2. The third kappa shape index (κ3) is 4.97. The number of allylic oxidation sites excluding steroid dienone is 4. The zero-order chi connectivity index (χ0) is 23.8. The molecule has 4 fully saturated rings. The van der Waals surface area contributed by atoms with Crippen molar-refractivity contribution < 1.29 is 15.3 Å². The van der Waals surface area contributed by atoms with Crippen LogP contribution in [0.1, 0.15) is 91.4 Å². The molecule has 0 amide bonds. The maximum atomic E-state index is 10.9. The van der Waals surface area contributed by atoms with E-state index in [-0.39, 0.29) is 5.92 Å². The van der Waals surface area contributed by atoms with Gasteiger partial charge in [-0.2, -0.15) is 0 Å². The van der Waals surface area contributed by atoms with Crippen LogP contribution in [0.5, 0.6) is 0 Å². The highest BCUT2D eigenvalue weighted by Gasteiger charge is 2.50. The Bertz CT molecular complexity index is 814. The van der Waals surface area contributed by atoms with Crippen molar-refractivity contribution in [3.8, 4) is 0 Å². The predicted octanol–water partition coefficient (Wildman–Crippen LogP) is 6.26. The van der Waals surface area contributed by atoms with Gasteiger partial charge in [0.15, 0.2) is 0 Å². The Balaban J connectivity index is 1.47. The van der Waals surface area contributed by atoms with Crippen LogP contribution in [0.4, 0.5) is 0 Å². The predicted molar refractivity (Wildman–Crippen MR) is 136 cm³/mol. The molecular formula is C30H46O3. The molecule has 0 heterocycles. The zero-order valence-electron chi connectivity index (χ0n) is 21.1. The maximum absolute atomic E-state index is 10.9. The number of hydrogen-bond donors (Lipinski definition) is 3. The maximum Gasteiger partial charge on any atom is 0.0811 e. The second-order valence-electron chi connectivity index (χ2n) is 12.0. The van der Waals surface area contributed by atoms with E-state index in [2.05, 4.69) is 51.7 Å². The van der Waals surface area contributed by atoms with Gasteiger partial charge in [0.25, 0.3) is 0 Å². The molecule has 4 saturated carbocycles. The third-order valence-corrected chi connectivity index (χ3v) is 9.96. The molecule has 7 atom stereocenters.